The molecule has 2 aromatic carbocycles. The summed E-state index contributed by atoms with van der Waals surface area (Å²) in [5, 5.41) is 4.07. The molecule has 1 N–H and O–H groups in total. The molecule has 1 saturated carbocycles. The smallest absolute Gasteiger partial charge is 0.244 e. The summed E-state index contributed by atoms with van der Waals surface area (Å²) in [6.45, 7) is 2.70. The molecule has 7 nitrogen and oxygen atoms in total. The minimum absolute atomic E-state index is 0.0578. The number of sulfonamides is 1. The van der Waals surface area contributed by atoms with Gasteiger partial charge in [-0.15, -0.1) is 0 Å². The zero-order valence-corrected chi connectivity index (χ0v) is 23.5. The lowest BCUT2D eigenvalue weighted by Crippen LogP contribution is -2.52. The van der Waals surface area contributed by atoms with Crippen LogP contribution in [0.3, 0.4) is 0 Å². The van der Waals surface area contributed by atoms with Crippen LogP contribution >= 0.6 is 34.8 Å². The van der Waals surface area contributed by atoms with Crippen molar-refractivity contribution in [3.63, 3.8) is 0 Å². The lowest BCUT2D eigenvalue weighted by Gasteiger charge is -2.32. The van der Waals surface area contributed by atoms with Crippen LogP contribution in [0.5, 0.6) is 0 Å². The van der Waals surface area contributed by atoms with Crippen LogP contribution in [0.1, 0.15) is 43.7 Å². The molecule has 1 atom stereocenters. The normalized spacial score (nSPS) is 14.9. The molecule has 0 heterocycles. The number of nitrogens with zero attached hydrogens (tertiary/aromatic N) is 2. The zero-order valence-electron chi connectivity index (χ0n) is 20.4. The number of carbonyl (C=O) groups is 2. The molecule has 2 aromatic rings. The third-order valence-electron chi connectivity index (χ3n) is 6.45. The van der Waals surface area contributed by atoms with Crippen molar-refractivity contribution in [2.75, 3.05) is 17.1 Å². The minimum atomic E-state index is -3.87. The summed E-state index contributed by atoms with van der Waals surface area (Å²) in [6, 6.07) is 8.98. The van der Waals surface area contributed by atoms with Gasteiger partial charge >= 0.3 is 0 Å². The van der Waals surface area contributed by atoms with E-state index in [-0.39, 0.29) is 24.2 Å². The summed E-state index contributed by atoms with van der Waals surface area (Å²) in [4.78, 5) is 28.2. The molecular formula is C25H30Cl3N3O4S. The summed E-state index contributed by atoms with van der Waals surface area (Å²) < 4.78 is 26.5. The van der Waals surface area contributed by atoms with E-state index in [0.29, 0.717) is 26.2 Å². The summed E-state index contributed by atoms with van der Waals surface area (Å²) in [6.07, 6.45) is 4.88. The largest absolute Gasteiger partial charge is 0.352 e. The molecule has 196 valence electrons. The van der Waals surface area contributed by atoms with Gasteiger partial charge < -0.3 is 10.2 Å². The topological polar surface area (TPSA) is 86.8 Å². The van der Waals surface area contributed by atoms with Gasteiger partial charge in [0.15, 0.2) is 0 Å². The number of halogens is 3. The molecule has 0 radical (unpaired) electrons. The van der Waals surface area contributed by atoms with E-state index in [1.807, 2.05) is 0 Å². The molecule has 0 bridgehead atoms. The van der Waals surface area contributed by atoms with Crippen molar-refractivity contribution in [2.24, 2.45) is 0 Å². The fraction of sp³-hybridized carbons (Fsp3) is 0.440. The molecule has 1 aliphatic rings. The zero-order chi connectivity index (χ0) is 26.6. The molecule has 0 spiro atoms. The molecule has 0 aromatic heterocycles. The monoisotopic (exact) mass is 573 g/mol. The third kappa shape index (κ3) is 6.85. The molecule has 1 aliphatic carbocycles. The lowest BCUT2D eigenvalue weighted by molar-refractivity contribution is -0.139. The number of hydrogen-bond donors (Lipinski definition) is 1. The first-order valence-electron chi connectivity index (χ1n) is 11.7. The fourth-order valence-corrected chi connectivity index (χ4v) is 5.88. The van der Waals surface area contributed by atoms with Gasteiger partial charge in [-0.3, -0.25) is 13.9 Å². The summed E-state index contributed by atoms with van der Waals surface area (Å²) >= 11 is 19.0. The highest BCUT2D eigenvalue weighted by atomic mass is 35.5. The number of nitrogens with one attached hydrogen (secondary N) is 1. The Morgan fingerprint density at radius 3 is 2.17 bits per heavy atom. The van der Waals surface area contributed by atoms with Crippen LogP contribution in [-0.4, -0.2) is 50.0 Å². The first-order valence-corrected chi connectivity index (χ1v) is 14.6. The molecule has 0 unspecified atom stereocenters. The van der Waals surface area contributed by atoms with Crippen LogP contribution in [0.15, 0.2) is 36.4 Å². The molecule has 2 amide bonds. The van der Waals surface area contributed by atoms with Gasteiger partial charge in [0.25, 0.3) is 0 Å². The van der Waals surface area contributed by atoms with E-state index in [4.69, 9.17) is 34.8 Å². The summed E-state index contributed by atoms with van der Waals surface area (Å²) in [5.41, 5.74) is 1.28. The number of hydrogen-bond acceptors (Lipinski definition) is 4. The fourth-order valence-electron chi connectivity index (χ4n) is 4.29. The highest BCUT2D eigenvalue weighted by Gasteiger charge is 2.32. The molecule has 36 heavy (non-hydrogen) atoms. The van der Waals surface area contributed by atoms with E-state index in [1.165, 1.54) is 4.90 Å². The van der Waals surface area contributed by atoms with Crippen molar-refractivity contribution >= 4 is 62.3 Å². The van der Waals surface area contributed by atoms with E-state index in [2.05, 4.69) is 5.32 Å². The first-order chi connectivity index (χ1) is 16.9. The molecule has 1 fully saturated rings. The van der Waals surface area contributed by atoms with Gasteiger partial charge in [-0.05, 0) is 56.5 Å². The van der Waals surface area contributed by atoms with Crippen molar-refractivity contribution in [3.05, 3.63) is 62.6 Å². The van der Waals surface area contributed by atoms with Gasteiger partial charge in [-0.2, -0.15) is 0 Å². The molecule has 0 saturated heterocycles. The van der Waals surface area contributed by atoms with Crippen LogP contribution in [0, 0.1) is 6.92 Å². The van der Waals surface area contributed by atoms with E-state index in [0.717, 1.165) is 36.2 Å². The number of anilines is 1. The Balaban J connectivity index is 1.96. The van der Waals surface area contributed by atoms with Crippen molar-refractivity contribution in [2.45, 2.75) is 58.2 Å². The van der Waals surface area contributed by atoms with Gasteiger partial charge in [0, 0.05) is 33.2 Å². The summed E-state index contributed by atoms with van der Waals surface area (Å²) in [7, 11) is -3.87. The van der Waals surface area contributed by atoms with Crippen molar-refractivity contribution < 1.29 is 18.0 Å². The minimum Gasteiger partial charge on any atom is -0.352 e. The van der Waals surface area contributed by atoms with Gasteiger partial charge in [-0.1, -0.05) is 59.8 Å². The summed E-state index contributed by atoms with van der Waals surface area (Å²) in [5.74, 6) is -0.895. The Labute approximate surface area is 227 Å². The molecular weight excluding hydrogens is 545 g/mol. The first kappa shape index (κ1) is 28.6. The van der Waals surface area contributed by atoms with E-state index in [9.17, 15) is 18.0 Å². The predicted octanol–water partition coefficient (Wildman–Crippen LogP) is 5.20. The number of benzene rings is 2. The van der Waals surface area contributed by atoms with Gasteiger partial charge in [-0.25, -0.2) is 8.42 Å². The van der Waals surface area contributed by atoms with Crippen molar-refractivity contribution in [1.29, 1.82) is 0 Å². The third-order valence-corrected chi connectivity index (χ3v) is 8.69. The van der Waals surface area contributed by atoms with Crippen LogP contribution < -0.4 is 9.62 Å². The maximum Gasteiger partial charge on any atom is 0.244 e. The average molecular weight is 575 g/mol. The standard InChI is InChI=1S/C25H30Cl3N3O4S/c1-16-20(26)10-7-13-23(16)31(36(3,34)35)15-24(32)30(14-19-21(27)11-6-12-22(19)28)17(2)25(33)29-18-8-4-5-9-18/h6-7,10-13,17-18H,4-5,8-9,14-15H2,1-3H3,(H,29,33)/t17-/m0/s1. The second-order valence-corrected chi connectivity index (χ2v) is 12.2. The van der Waals surface area contributed by atoms with Gasteiger partial charge in [0.2, 0.25) is 21.8 Å². The number of amides is 2. The Morgan fingerprint density at radius 1 is 1.03 bits per heavy atom. The highest BCUT2D eigenvalue weighted by molar-refractivity contribution is 7.92. The Bertz CT molecular complexity index is 1210. The van der Waals surface area contributed by atoms with Crippen LogP contribution in [0.25, 0.3) is 0 Å². The Kier molecular flexibility index (Phi) is 9.55. The van der Waals surface area contributed by atoms with Crippen molar-refractivity contribution in [3.8, 4) is 0 Å². The number of carbonyl (C=O) groups excluding carboxylic acids is 2. The van der Waals surface area contributed by atoms with Crippen molar-refractivity contribution in [1.82, 2.24) is 10.2 Å². The SMILES string of the molecule is Cc1c(Cl)cccc1N(CC(=O)N(Cc1c(Cl)cccc1Cl)[C@@H](C)C(=O)NC1CCCC1)S(C)(=O)=O. The molecule has 0 aliphatic heterocycles. The van der Waals surface area contributed by atoms with Crippen LogP contribution in [0.4, 0.5) is 5.69 Å². The lowest BCUT2D eigenvalue weighted by atomic mass is 10.1. The van der Waals surface area contributed by atoms with Crippen LogP contribution in [0.2, 0.25) is 15.1 Å². The quantitative estimate of drug-likeness (QED) is 0.446. The predicted molar refractivity (Wildman–Crippen MR) is 145 cm³/mol. The maximum atomic E-state index is 13.7. The average Bonchev–Trinajstić information content (AvgIpc) is 3.31. The van der Waals surface area contributed by atoms with Crippen LogP contribution in [-0.2, 0) is 26.2 Å². The maximum absolute atomic E-state index is 13.7. The number of rotatable bonds is 9. The van der Waals surface area contributed by atoms with E-state index >= 15 is 0 Å². The van der Waals surface area contributed by atoms with E-state index < -0.39 is 28.5 Å². The second-order valence-electron chi connectivity index (χ2n) is 9.04. The van der Waals surface area contributed by atoms with E-state index in [1.54, 1.807) is 50.2 Å². The Morgan fingerprint density at radius 2 is 1.58 bits per heavy atom. The van der Waals surface area contributed by atoms with Gasteiger partial charge in [0.05, 0.1) is 11.9 Å². The second kappa shape index (κ2) is 12.0. The molecule has 3 rings (SSSR count). The Hall–Kier alpha value is -2.00. The molecule has 11 heteroatoms. The highest BCUT2D eigenvalue weighted by Crippen LogP contribution is 2.30. The van der Waals surface area contributed by atoms with Gasteiger partial charge in [0.1, 0.15) is 12.6 Å².